The first-order valence-corrected chi connectivity index (χ1v) is 12.3. The number of anilines is 1. The minimum atomic E-state index is -4.97. The van der Waals surface area contributed by atoms with Crippen LogP contribution >= 0.6 is 0 Å². The first-order chi connectivity index (χ1) is 18.2. The summed E-state index contributed by atoms with van der Waals surface area (Å²) in [6.45, 7) is 4.67. The fourth-order valence-electron chi connectivity index (χ4n) is 4.46. The highest BCUT2D eigenvalue weighted by Gasteiger charge is 2.37. The highest BCUT2D eigenvalue weighted by Crippen LogP contribution is 2.37. The Morgan fingerprint density at radius 2 is 1.46 bits per heavy atom. The summed E-state index contributed by atoms with van der Waals surface area (Å²) in [5.41, 5.74) is -0.598. The molecule has 1 aliphatic rings. The van der Waals surface area contributed by atoms with Crippen molar-refractivity contribution < 1.29 is 31.1 Å². The Hall–Kier alpha value is -3.60. The summed E-state index contributed by atoms with van der Waals surface area (Å²) in [7, 11) is 3.37. The maximum Gasteiger partial charge on any atom is 0.416 e. The molecule has 1 aromatic heterocycles. The number of hydrogen-bond acceptors (Lipinski definition) is 4. The number of likely N-dealkylation sites (N-methyl/N-ethyl adjacent to an activating group) is 1. The molecule has 2 aromatic carbocycles. The van der Waals surface area contributed by atoms with Crippen LogP contribution in [0.4, 0.5) is 32.2 Å². The van der Waals surface area contributed by atoms with Gasteiger partial charge >= 0.3 is 12.4 Å². The van der Waals surface area contributed by atoms with E-state index in [1.54, 1.807) is 0 Å². The van der Waals surface area contributed by atoms with Gasteiger partial charge in [0.1, 0.15) is 5.82 Å². The van der Waals surface area contributed by atoms with Crippen molar-refractivity contribution in [2.24, 2.45) is 0 Å². The molecule has 39 heavy (non-hydrogen) atoms. The van der Waals surface area contributed by atoms with Crippen molar-refractivity contribution in [3.8, 4) is 11.1 Å². The van der Waals surface area contributed by atoms with Gasteiger partial charge in [-0.3, -0.25) is 4.79 Å². The maximum absolute atomic E-state index is 13.5. The number of alkyl halides is 6. The molecule has 0 atom stereocenters. The summed E-state index contributed by atoms with van der Waals surface area (Å²) in [6.07, 6.45) is -8.52. The zero-order valence-electron chi connectivity index (χ0n) is 21.7. The van der Waals surface area contributed by atoms with E-state index in [1.165, 1.54) is 13.2 Å². The molecule has 5 nitrogen and oxygen atoms in total. The Bertz CT molecular complexity index is 1300. The van der Waals surface area contributed by atoms with E-state index in [4.69, 9.17) is 0 Å². The summed E-state index contributed by atoms with van der Waals surface area (Å²) in [4.78, 5) is 23.4. The molecule has 0 bridgehead atoms. The normalized spacial score (nSPS) is 14.9. The van der Waals surface area contributed by atoms with E-state index in [1.807, 2.05) is 44.3 Å². The molecular formula is C28H28F6N4O. The predicted molar refractivity (Wildman–Crippen MR) is 136 cm³/mol. The molecule has 0 N–H and O–H groups in total. The lowest BCUT2D eigenvalue weighted by atomic mass is 9.99. The van der Waals surface area contributed by atoms with Gasteiger partial charge in [0.05, 0.1) is 16.7 Å². The van der Waals surface area contributed by atoms with Crippen molar-refractivity contribution in [2.75, 3.05) is 45.2 Å². The van der Waals surface area contributed by atoms with E-state index in [2.05, 4.69) is 14.8 Å². The van der Waals surface area contributed by atoms with E-state index in [9.17, 15) is 31.1 Å². The summed E-state index contributed by atoms with van der Waals surface area (Å²) in [5.74, 6) is 0.111. The van der Waals surface area contributed by atoms with E-state index in [0.717, 1.165) is 42.2 Å². The standard InChI is InChI=1S/C28H28F6N4O/c1-18-4-6-20(7-5-18)23-15-25(38-10-8-36(2)9-11-38)35-16-24(23)26(39)37(3)17-19-12-21(27(29,30)31)14-22(13-19)28(32,33)34/h4-7,12-16H,8-11,17H2,1-3H3. The summed E-state index contributed by atoms with van der Waals surface area (Å²) in [5, 5.41) is 0. The minimum Gasteiger partial charge on any atom is -0.354 e. The molecule has 208 valence electrons. The number of amides is 1. The van der Waals surface area contributed by atoms with Crippen LogP contribution in [0.1, 0.15) is 32.6 Å². The molecule has 1 saturated heterocycles. The fourth-order valence-corrected chi connectivity index (χ4v) is 4.46. The van der Waals surface area contributed by atoms with Gasteiger partial charge in [-0.15, -0.1) is 0 Å². The van der Waals surface area contributed by atoms with E-state index >= 15 is 0 Å². The Morgan fingerprint density at radius 1 is 0.897 bits per heavy atom. The molecule has 0 aliphatic carbocycles. The Balaban J connectivity index is 1.68. The van der Waals surface area contributed by atoms with Crippen LogP contribution in [0.25, 0.3) is 11.1 Å². The Labute approximate surface area is 222 Å². The van der Waals surface area contributed by atoms with Crippen LogP contribution in [0.15, 0.2) is 54.7 Å². The molecule has 3 aromatic rings. The number of halogens is 6. The molecule has 2 heterocycles. The van der Waals surface area contributed by atoms with Crippen molar-refractivity contribution >= 4 is 11.7 Å². The van der Waals surface area contributed by atoms with Crippen molar-refractivity contribution in [3.63, 3.8) is 0 Å². The summed E-state index contributed by atoms with van der Waals surface area (Å²) >= 11 is 0. The third-order valence-corrected chi connectivity index (χ3v) is 6.72. The van der Waals surface area contributed by atoms with Gasteiger partial charge in [-0.05, 0) is 54.9 Å². The molecule has 0 spiro atoms. The number of piperazine rings is 1. The molecule has 0 radical (unpaired) electrons. The topological polar surface area (TPSA) is 39.7 Å². The fraction of sp³-hybridized carbons (Fsp3) is 0.357. The number of aromatic nitrogens is 1. The quantitative estimate of drug-likeness (QED) is 0.359. The van der Waals surface area contributed by atoms with E-state index in [-0.39, 0.29) is 17.2 Å². The lowest BCUT2D eigenvalue weighted by molar-refractivity contribution is -0.143. The molecule has 1 aliphatic heterocycles. The predicted octanol–water partition coefficient (Wildman–Crippen LogP) is 6.12. The second-order valence-corrected chi connectivity index (χ2v) is 9.82. The van der Waals surface area contributed by atoms with E-state index < -0.39 is 35.9 Å². The number of pyridine rings is 1. The van der Waals surface area contributed by atoms with Crippen LogP contribution in [0.2, 0.25) is 0 Å². The third-order valence-electron chi connectivity index (χ3n) is 6.72. The van der Waals surface area contributed by atoms with Gasteiger partial charge in [-0.25, -0.2) is 4.98 Å². The van der Waals surface area contributed by atoms with Crippen LogP contribution < -0.4 is 4.90 Å². The maximum atomic E-state index is 13.5. The van der Waals surface area contributed by atoms with Crippen molar-refractivity contribution in [1.29, 1.82) is 0 Å². The smallest absolute Gasteiger partial charge is 0.354 e. The lowest BCUT2D eigenvalue weighted by Crippen LogP contribution is -2.44. The zero-order chi connectivity index (χ0) is 28.5. The Morgan fingerprint density at radius 3 is 2.00 bits per heavy atom. The molecule has 1 fully saturated rings. The number of nitrogens with zero attached hydrogens (tertiary/aromatic N) is 4. The second kappa shape index (κ2) is 10.9. The number of carbonyl (C=O) groups excluding carboxylic acids is 1. The van der Waals surface area contributed by atoms with Gasteiger partial charge < -0.3 is 14.7 Å². The average molecular weight is 551 g/mol. The van der Waals surface area contributed by atoms with Crippen LogP contribution in [-0.4, -0.2) is 61.0 Å². The van der Waals surface area contributed by atoms with Crippen molar-refractivity contribution in [1.82, 2.24) is 14.8 Å². The van der Waals surface area contributed by atoms with Gasteiger partial charge in [0, 0.05) is 46.0 Å². The van der Waals surface area contributed by atoms with Gasteiger partial charge in [0.2, 0.25) is 0 Å². The highest BCUT2D eigenvalue weighted by atomic mass is 19.4. The summed E-state index contributed by atoms with van der Waals surface area (Å²) in [6, 6.07) is 10.7. The van der Waals surface area contributed by atoms with Gasteiger partial charge in [0.25, 0.3) is 5.91 Å². The van der Waals surface area contributed by atoms with Gasteiger partial charge in [0.15, 0.2) is 0 Å². The minimum absolute atomic E-state index is 0.0712. The Kier molecular flexibility index (Phi) is 7.92. The van der Waals surface area contributed by atoms with Crippen molar-refractivity contribution in [2.45, 2.75) is 25.8 Å². The van der Waals surface area contributed by atoms with Gasteiger partial charge in [-0.1, -0.05) is 29.8 Å². The van der Waals surface area contributed by atoms with E-state index in [0.29, 0.717) is 23.5 Å². The SMILES string of the molecule is Cc1ccc(-c2cc(N3CCN(C)CC3)ncc2C(=O)N(C)Cc2cc(C(F)(F)F)cc(C(F)(F)F)c2)cc1. The largest absolute Gasteiger partial charge is 0.416 e. The molecule has 11 heteroatoms. The lowest BCUT2D eigenvalue weighted by Gasteiger charge is -2.33. The molecular weight excluding hydrogens is 522 g/mol. The first kappa shape index (κ1) is 28.4. The summed E-state index contributed by atoms with van der Waals surface area (Å²) < 4.78 is 79.9. The number of benzene rings is 2. The van der Waals surface area contributed by atoms with Crippen LogP contribution in [-0.2, 0) is 18.9 Å². The zero-order valence-corrected chi connectivity index (χ0v) is 21.7. The molecule has 1 amide bonds. The number of hydrogen-bond donors (Lipinski definition) is 0. The monoisotopic (exact) mass is 550 g/mol. The number of carbonyl (C=O) groups is 1. The molecule has 0 saturated carbocycles. The van der Waals surface area contributed by atoms with Crippen molar-refractivity contribution in [3.05, 3.63) is 82.5 Å². The third kappa shape index (κ3) is 6.70. The molecule has 4 rings (SSSR count). The number of rotatable bonds is 5. The van der Waals surface area contributed by atoms with Crippen LogP contribution in [0, 0.1) is 6.92 Å². The second-order valence-electron chi connectivity index (χ2n) is 9.82. The van der Waals surface area contributed by atoms with Gasteiger partial charge in [-0.2, -0.15) is 26.3 Å². The average Bonchev–Trinajstić information content (AvgIpc) is 2.87. The number of aryl methyl sites for hydroxylation is 1. The van der Waals surface area contributed by atoms with Crippen LogP contribution in [0.5, 0.6) is 0 Å². The highest BCUT2D eigenvalue weighted by molar-refractivity contribution is 6.01. The van der Waals surface area contributed by atoms with Crippen LogP contribution in [0.3, 0.4) is 0 Å². The first-order valence-electron chi connectivity index (χ1n) is 12.3. The molecule has 0 unspecified atom stereocenters.